The lowest BCUT2D eigenvalue weighted by molar-refractivity contribution is -0.126. The number of anilines is 1. The van der Waals surface area contributed by atoms with Gasteiger partial charge in [-0.2, -0.15) is 0 Å². The highest BCUT2D eigenvalue weighted by Gasteiger charge is 2.36. The molecule has 0 radical (unpaired) electrons. The standard InChI is InChI=1S/C18H20N2O4S/c1-23-13-5-6-16(24-2)15(9-13)20-11-12(8-17(20)21)18(22)19-10-14-4-3-7-25-14/h3-7,9,12H,8,10-11H2,1-2H3,(H,19,22). The molecule has 0 saturated carbocycles. The van der Waals surface area contributed by atoms with Crippen molar-refractivity contribution < 1.29 is 19.1 Å². The van der Waals surface area contributed by atoms with Crippen molar-refractivity contribution in [1.82, 2.24) is 5.32 Å². The third kappa shape index (κ3) is 3.76. The van der Waals surface area contributed by atoms with E-state index in [1.807, 2.05) is 17.5 Å². The quantitative estimate of drug-likeness (QED) is 0.859. The lowest BCUT2D eigenvalue weighted by Crippen LogP contribution is -2.32. The maximum Gasteiger partial charge on any atom is 0.227 e. The van der Waals surface area contributed by atoms with Crippen molar-refractivity contribution in [3.8, 4) is 11.5 Å². The Morgan fingerprint density at radius 3 is 2.84 bits per heavy atom. The molecule has 0 aliphatic carbocycles. The van der Waals surface area contributed by atoms with E-state index < -0.39 is 0 Å². The predicted octanol–water partition coefficient (Wildman–Crippen LogP) is 2.43. The number of nitrogens with one attached hydrogen (secondary N) is 1. The Morgan fingerprint density at radius 1 is 1.32 bits per heavy atom. The van der Waals surface area contributed by atoms with Gasteiger partial charge in [0, 0.05) is 23.9 Å². The van der Waals surface area contributed by atoms with E-state index in [0.29, 0.717) is 30.3 Å². The second-order valence-electron chi connectivity index (χ2n) is 5.74. The van der Waals surface area contributed by atoms with E-state index in [0.717, 1.165) is 4.88 Å². The minimum atomic E-state index is -0.372. The van der Waals surface area contributed by atoms with E-state index in [1.165, 1.54) is 0 Å². The average molecular weight is 360 g/mol. The van der Waals surface area contributed by atoms with Crippen molar-refractivity contribution in [2.75, 3.05) is 25.7 Å². The first-order valence-corrected chi connectivity index (χ1v) is 8.83. The van der Waals surface area contributed by atoms with Gasteiger partial charge in [0.2, 0.25) is 11.8 Å². The van der Waals surface area contributed by atoms with Gasteiger partial charge < -0.3 is 19.7 Å². The van der Waals surface area contributed by atoms with Gasteiger partial charge in [-0.05, 0) is 23.6 Å². The van der Waals surface area contributed by atoms with Crippen LogP contribution in [0.1, 0.15) is 11.3 Å². The van der Waals surface area contributed by atoms with Gasteiger partial charge in [-0.3, -0.25) is 9.59 Å². The lowest BCUT2D eigenvalue weighted by atomic mass is 10.1. The van der Waals surface area contributed by atoms with Gasteiger partial charge in [0.15, 0.2) is 0 Å². The first-order chi connectivity index (χ1) is 12.1. The number of ether oxygens (including phenoxy) is 2. The summed E-state index contributed by atoms with van der Waals surface area (Å²) in [5.74, 6) is 0.639. The van der Waals surface area contributed by atoms with Crippen molar-refractivity contribution in [3.63, 3.8) is 0 Å². The van der Waals surface area contributed by atoms with E-state index in [2.05, 4.69) is 5.32 Å². The molecule has 1 aromatic carbocycles. The molecule has 1 atom stereocenters. The third-order valence-electron chi connectivity index (χ3n) is 4.19. The summed E-state index contributed by atoms with van der Waals surface area (Å²) in [6.45, 7) is 0.822. The van der Waals surface area contributed by atoms with Gasteiger partial charge in [0.25, 0.3) is 0 Å². The van der Waals surface area contributed by atoms with E-state index >= 15 is 0 Å². The molecule has 25 heavy (non-hydrogen) atoms. The van der Waals surface area contributed by atoms with Crippen LogP contribution >= 0.6 is 11.3 Å². The summed E-state index contributed by atoms with van der Waals surface area (Å²) in [7, 11) is 3.12. The van der Waals surface area contributed by atoms with Gasteiger partial charge in [0.05, 0.1) is 32.4 Å². The number of hydrogen-bond acceptors (Lipinski definition) is 5. The summed E-state index contributed by atoms with van der Waals surface area (Å²) in [6, 6.07) is 9.20. The second kappa shape index (κ2) is 7.57. The summed E-state index contributed by atoms with van der Waals surface area (Å²) >= 11 is 1.59. The Morgan fingerprint density at radius 2 is 2.16 bits per heavy atom. The normalized spacial score (nSPS) is 16.8. The fraction of sp³-hybridized carbons (Fsp3) is 0.333. The molecule has 7 heteroatoms. The zero-order valence-electron chi connectivity index (χ0n) is 14.2. The zero-order valence-corrected chi connectivity index (χ0v) is 15.0. The van der Waals surface area contributed by atoms with Crippen LogP contribution in [0.2, 0.25) is 0 Å². The number of methoxy groups -OCH3 is 2. The Kier molecular flexibility index (Phi) is 5.23. The highest BCUT2D eigenvalue weighted by atomic mass is 32.1. The Bertz CT molecular complexity index is 760. The molecule has 0 bridgehead atoms. The molecule has 1 aromatic heterocycles. The molecule has 132 valence electrons. The highest BCUT2D eigenvalue weighted by Crippen LogP contribution is 2.36. The molecule has 2 heterocycles. The topological polar surface area (TPSA) is 67.9 Å². The summed E-state index contributed by atoms with van der Waals surface area (Å²) in [5, 5.41) is 4.88. The number of hydrogen-bond donors (Lipinski definition) is 1. The molecule has 3 rings (SSSR count). The van der Waals surface area contributed by atoms with Crippen molar-refractivity contribution >= 4 is 28.8 Å². The fourth-order valence-corrected chi connectivity index (χ4v) is 3.50. The fourth-order valence-electron chi connectivity index (χ4n) is 2.86. The first kappa shape index (κ1) is 17.3. The maximum atomic E-state index is 12.4. The molecule has 2 amide bonds. The van der Waals surface area contributed by atoms with Gasteiger partial charge >= 0.3 is 0 Å². The minimum absolute atomic E-state index is 0.0946. The van der Waals surface area contributed by atoms with Gasteiger partial charge in [-0.25, -0.2) is 0 Å². The van der Waals surface area contributed by atoms with Crippen LogP contribution in [0.3, 0.4) is 0 Å². The van der Waals surface area contributed by atoms with E-state index in [-0.39, 0.29) is 24.2 Å². The summed E-state index contributed by atoms with van der Waals surface area (Å²) in [5.41, 5.74) is 0.625. The van der Waals surface area contributed by atoms with E-state index in [1.54, 1.807) is 48.7 Å². The van der Waals surface area contributed by atoms with Gasteiger partial charge in [-0.15, -0.1) is 11.3 Å². The molecule has 6 nitrogen and oxygen atoms in total. The van der Waals surface area contributed by atoms with Gasteiger partial charge in [0.1, 0.15) is 11.5 Å². The molecule has 2 aromatic rings. The van der Waals surface area contributed by atoms with Crippen LogP contribution < -0.4 is 19.7 Å². The number of carbonyl (C=O) groups is 2. The summed E-state index contributed by atoms with van der Waals surface area (Å²) < 4.78 is 10.6. The second-order valence-corrected chi connectivity index (χ2v) is 6.77. The molecule has 1 aliphatic rings. The van der Waals surface area contributed by atoms with Crippen LogP contribution in [-0.4, -0.2) is 32.6 Å². The van der Waals surface area contributed by atoms with Crippen LogP contribution in [0.5, 0.6) is 11.5 Å². The Labute approximate surface area is 150 Å². The van der Waals surface area contributed by atoms with Crippen molar-refractivity contribution in [2.45, 2.75) is 13.0 Å². The monoisotopic (exact) mass is 360 g/mol. The zero-order chi connectivity index (χ0) is 17.8. The SMILES string of the molecule is COc1ccc(OC)c(N2CC(C(=O)NCc3cccs3)CC2=O)c1. The number of nitrogens with zero attached hydrogens (tertiary/aromatic N) is 1. The smallest absolute Gasteiger partial charge is 0.227 e. The van der Waals surface area contributed by atoms with E-state index in [9.17, 15) is 9.59 Å². The summed E-state index contributed by atoms with van der Waals surface area (Å²) in [4.78, 5) is 27.5. The third-order valence-corrected chi connectivity index (χ3v) is 5.07. The van der Waals surface area contributed by atoms with Crippen LogP contribution in [0, 0.1) is 5.92 Å². The van der Waals surface area contributed by atoms with Crippen LogP contribution in [0.25, 0.3) is 0 Å². The van der Waals surface area contributed by atoms with Crippen molar-refractivity contribution in [3.05, 3.63) is 40.6 Å². The van der Waals surface area contributed by atoms with Crippen molar-refractivity contribution in [2.24, 2.45) is 5.92 Å². The molecule has 1 N–H and O–H groups in total. The van der Waals surface area contributed by atoms with Crippen LogP contribution in [-0.2, 0) is 16.1 Å². The molecule has 0 spiro atoms. The van der Waals surface area contributed by atoms with E-state index in [4.69, 9.17) is 9.47 Å². The van der Waals surface area contributed by atoms with Crippen LogP contribution in [0.15, 0.2) is 35.7 Å². The average Bonchev–Trinajstić information content (AvgIpc) is 3.28. The predicted molar refractivity (Wildman–Crippen MR) is 96.2 cm³/mol. The molecule has 1 saturated heterocycles. The minimum Gasteiger partial charge on any atom is -0.497 e. The highest BCUT2D eigenvalue weighted by molar-refractivity contribution is 7.09. The maximum absolute atomic E-state index is 12.4. The number of carbonyl (C=O) groups excluding carboxylic acids is 2. The Balaban J connectivity index is 1.71. The first-order valence-electron chi connectivity index (χ1n) is 7.95. The number of benzene rings is 1. The van der Waals surface area contributed by atoms with Crippen LogP contribution in [0.4, 0.5) is 5.69 Å². The number of thiophene rings is 1. The van der Waals surface area contributed by atoms with Gasteiger partial charge in [-0.1, -0.05) is 6.07 Å². The largest absolute Gasteiger partial charge is 0.497 e. The lowest BCUT2D eigenvalue weighted by Gasteiger charge is -2.20. The number of rotatable bonds is 6. The number of amides is 2. The molecule has 1 fully saturated rings. The molecule has 1 aliphatic heterocycles. The van der Waals surface area contributed by atoms with Crippen molar-refractivity contribution in [1.29, 1.82) is 0 Å². The molecule has 1 unspecified atom stereocenters. The molecular weight excluding hydrogens is 340 g/mol. The summed E-state index contributed by atoms with van der Waals surface area (Å²) in [6.07, 6.45) is 0.191. The Hall–Kier alpha value is -2.54. The molecular formula is C18H20N2O4S.